The fourth-order valence-electron chi connectivity index (χ4n) is 11.4. The number of nitrogens with zero attached hydrogens (tertiary/aromatic N) is 4. The van der Waals surface area contributed by atoms with Crippen molar-refractivity contribution in [3.05, 3.63) is 181 Å². The number of aryl methyl sites for hydroxylation is 2. The van der Waals surface area contributed by atoms with Gasteiger partial charge in [0, 0.05) is 84.2 Å². The van der Waals surface area contributed by atoms with E-state index in [1.165, 1.54) is 0 Å². The molecule has 0 fully saturated rings. The zero-order valence-corrected chi connectivity index (χ0v) is 32.0. The van der Waals surface area contributed by atoms with E-state index in [2.05, 4.69) is 103 Å². The van der Waals surface area contributed by atoms with Crippen molar-refractivity contribution in [3.63, 3.8) is 0 Å². The highest BCUT2D eigenvalue weighted by Gasteiger charge is 2.31. The van der Waals surface area contributed by atoms with Gasteiger partial charge in [0.2, 0.25) is 0 Å². The molecule has 0 aliphatic heterocycles. The van der Waals surface area contributed by atoms with Crippen molar-refractivity contribution in [3.8, 4) is 11.4 Å². The molecule has 4 nitrogen and oxygen atoms in total. The van der Waals surface area contributed by atoms with Gasteiger partial charge in [-0.25, -0.2) is 0 Å². The van der Waals surface area contributed by atoms with Gasteiger partial charge in [-0.05, 0) is 85.5 Å². The topological polar surface area (TPSA) is 18.7 Å². The van der Waals surface area contributed by atoms with Crippen molar-refractivity contribution in [2.45, 2.75) is 13.7 Å². The Morgan fingerprint density at radius 1 is 0.300 bits per heavy atom. The lowest BCUT2D eigenvalue weighted by Crippen LogP contribution is -1.93. The molecule has 60 heavy (non-hydrogen) atoms. The first kappa shape index (κ1) is 26.2. The molecule has 0 unspecified atom stereocenters. The Kier molecular flexibility index (Phi) is 4.64. The molecule has 15 rings (SSSR count). The number of benzene rings is 9. The van der Waals surface area contributed by atoms with Crippen molar-refractivity contribution in [1.29, 1.82) is 0 Å². The molecule has 0 atom stereocenters. The predicted molar refractivity (Wildman–Crippen MR) is 254 cm³/mol. The van der Waals surface area contributed by atoms with Gasteiger partial charge in [-0.15, -0.1) is 0 Å². The lowest BCUT2D eigenvalue weighted by Gasteiger charge is -2.11. The highest BCUT2D eigenvalue weighted by Crippen LogP contribution is 2.53. The number of fused-ring (bicyclic) bond motifs is 20. The van der Waals surface area contributed by atoms with Crippen molar-refractivity contribution in [1.82, 2.24) is 17.9 Å². The highest BCUT2D eigenvalue weighted by atomic mass is 15.0. The van der Waals surface area contributed by atoms with E-state index in [0.717, 1.165) is 109 Å². The van der Waals surface area contributed by atoms with E-state index >= 15 is 0 Å². The Bertz CT molecular complexity index is 4290. The highest BCUT2D eigenvalue weighted by molar-refractivity contribution is 6.39. The standard InChI is InChI=1S/C56H34N4/c1-31-47-41-29-39-35-21-9-13-25-43(35)57(33-17-5-3-6-18-33)53(39)49-38-24-12-16-28-46(38)60(55(41)49)52(47)32(2)48-42-30-40-36-22-10-14-26-44(36)58(34-19-7-4-8-20-34)54(40)50-37-23-11-15-27-45(37)59(51(31)48)56(42)50/h3-30H,1-2H3/i1D3,2D3. The summed E-state index contributed by atoms with van der Waals surface area (Å²) >= 11 is 0. The third-order valence-electron chi connectivity index (χ3n) is 13.6. The van der Waals surface area contributed by atoms with Crippen LogP contribution in [-0.4, -0.2) is 17.9 Å². The average molecular weight is 769 g/mol. The van der Waals surface area contributed by atoms with E-state index < -0.39 is 13.7 Å². The monoisotopic (exact) mass is 768 g/mol. The molecule has 0 N–H and O–H groups in total. The van der Waals surface area contributed by atoms with E-state index in [9.17, 15) is 8.22 Å². The summed E-state index contributed by atoms with van der Waals surface area (Å²) in [6, 6.07) is 57.9. The van der Waals surface area contributed by atoms with Crippen molar-refractivity contribution < 1.29 is 8.22 Å². The second-order valence-corrected chi connectivity index (χ2v) is 16.4. The molecule has 0 radical (unpaired) electrons. The number of hydrogen-bond acceptors (Lipinski definition) is 0. The smallest absolute Gasteiger partial charge is 0.0642 e. The molecule has 6 aromatic heterocycles. The molecule has 0 bridgehead atoms. The van der Waals surface area contributed by atoms with Gasteiger partial charge in [-0.1, -0.05) is 109 Å². The van der Waals surface area contributed by atoms with Gasteiger partial charge in [-0.2, -0.15) is 0 Å². The molecular formula is C56H34N4. The zero-order valence-electron chi connectivity index (χ0n) is 38.0. The third-order valence-corrected chi connectivity index (χ3v) is 13.6. The van der Waals surface area contributed by atoms with Crippen LogP contribution in [0.3, 0.4) is 0 Å². The molecule has 6 heterocycles. The summed E-state index contributed by atoms with van der Waals surface area (Å²) in [6.45, 7) is -5.35. The van der Waals surface area contributed by atoms with E-state index in [1.807, 2.05) is 84.9 Å². The second-order valence-electron chi connectivity index (χ2n) is 16.4. The van der Waals surface area contributed by atoms with Crippen molar-refractivity contribution in [2.24, 2.45) is 0 Å². The summed E-state index contributed by atoms with van der Waals surface area (Å²) < 4.78 is 66.7. The van der Waals surface area contributed by atoms with Crippen molar-refractivity contribution >= 4 is 120 Å². The first-order valence-corrected chi connectivity index (χ1v) is 20.5. The molecule has 278 valence electrons. The first-order valence-electron chi connectivity index (χ1n) is 23.5. The minimum atomic E-state index is -2.67. The third kappa shape index (κ3) is 3.43. The van der Waals surface area contributed by atoms with Crippen molar-refractivity contribution in [2.75, 3.05) is 0 Å². The van der Waals surface area contributed by atoms with E-state index in [-0.39, 0.29) is 11.1 Å². The van der Waals surface area contributed by atoms with E-state index in [4.69, 9.17) is 0 Å². The van der Waals surface area contributed by atoms with Gasteiger partial charge in [0.15, 0.2) is 0 Å². The van der Waals surface area contributed by atoms with Crippen LogP contribution in [-0.2, 0) is 0 Å². The molecule has 0 spiro atoms. The summed E-state index contributed by atoms with van der Waals surface area (Å²) in [5.74, 6) is 0. The molecule has 15 aromatic rings. The van der Waals surface area contributed by atoms with Crippen LogP contribution in [0.15, 0.2) is 170 Å². The molecule has 0 aliphatic carbocycles. The number of para-hydroxylation sites is 6. The van der Waals surface area contributed by atoms with Gasteiger partial charge < -0.3 is 17.9 Å². The SMILES string of the molecule is [2H]C([2H])([2H])c1c2c3cc4c5ccccc5n(-c5ccccc5)c4c4c5ccccc5n(c2c(C([2H])([2H])[2H])c2c5cc6c7ccccc7n(-c7ccccc7)c6c6c7ccccc7n(c12)c56)c34. The van der Waals surface area contributed by atoms with Crippen LogP contribution in [0.1, 0.15) is 19.4 Å². The van der Waals surface area contributed by atoms with Crippen LogP contribution in [0.25, 0.3) is 131 Å². The van der Waals surface area contributed by atoms with Gasteiger partial charge in [0.25, 0.3) is 0 Å². The van der Waals surface area contributed by atoms with Gasteiger partial charge in [0.05, 0.1) is 55.2 Å². The van der Waals surface area contributed by atoms with E-state index in [0.29, 0.717) is 21.8 Å². The quantitative estimate of drug-likeness (QED) is 0.167. The summed E-state index contributed by atoms with van der Waals surface area (Å²) in [5.41, 5.74) is 10.4. The Balaban J connectivity index is 1.28. The molecule has 9 aromatic carbocycles. The largest absolute Gasteiger partial charge is 0.309 e. The predicted octanol–water partition coefficient (Wildman–Crippen LogP) is 14.8. The Morgan fingerprint density at radius 2 is 0.667 bits per heavy atom. The summed E-state index contributed by atoms with van der Waals surface area (Å²) in [4.78, 5) is 0. The average Bonchev–Trinajstić information content (AvgIpc) is 4.15. The maximum absolute atomic E-state index is 9.65. The number of hydrogen-bond donors (Lipinski definition) is 0. The Labute approximate surface area is 351 Å². The minimum absolute atomic E-state index is 0.153. The minimum Gasteiger partial charge on any atom is -0.309 e. The molecule has 0 saturated carbocycles. The van der Waals surface area contributed by atoms with Crippen LogP contribution in [0.4, 0.5) is 0 Å². The number of aromatic nitrogens is 4. The second kappa shape index (κ2) is 10.6. The van der Waals surface area contributed by atoms with Crippen LogP contribution in [0.2, 0.25) is 0 Å². The molecule has 4 heteroatoms. The Hall–Kier alpha value is -7.82. The van der Waals surface area contributed by atoms with Crippen LogP contribution >= 0.6 is 0 Å². The Morgan fingerprint density at radius 3 is 1.08 bits per heavy atom. The van der Waals surface area contributed by atoms with Crippen LogP contribution in [0.5, 0.6) is 0 Å². The van der Waals surface area contributed by atoms with Gasteiger partial charge >= 0.3 is 0 Å². The normalized spacial score (nSPS) is 14.7. The molecular weight excluding hydrogens is 729 g/mol. The van der Waals surface area contributed by atoms with E-state index in [1.54, 1.807) is 0 Å². The zero-order chi connectivity index (χ0) is 44.1. The number of rotatable bonds is 2. The molecule has 0 aliphatic rings. The maximum atomic E-state index is 9.65. The fourth-order valence-corrected chi connectivity index (χ4v) is 11.4. The van der Waals surface area contributed by atoms with Crippen LogP contribution in [0, 0.1) is 13.7 Å². The lowest BCUT2D eigenvalue weighted by molar-refractivity contribution is 1.19. The summed E-state index contributed by atoms with van der Waals surface area (Å²) in [6.07, 6.45) is 0. The van der Waals surface area contributed by atoms with Gasteiger partial charge in [-0.3, -0.25) is 0 Å². The van der Waals surface area contributed by atoms with Crippen LogP contribution < -0.4 is 0 Å². The molecule has 0 saturated heterocycles. The first-order chi connectivity index (χ1) is 32.1. The fraction of sp³-hybridized carbons (Fsp3) is 0.0357. The maximum Gasteiger partial charge on any atom is 0.0642 e. The lowest BCUT2D eigenvalue weighted by atomic mass is 9.95. The van der Waals surface area contributed by atoms with Gasteiger partial charge in [0.1, 0.15) is 0 Å². The summed E-state index contributed by atoms with van der Waals surface area (Å²) in [5, 5.41) is 10.1. The summed E-state index contributed by atoms with van der Waals surface area (Å²) in [7, 11) is 0. The molecule has 0 amide bonds.